The lowest BCUT2D eigenvalue weighted by Crippen LogP contribution is -2.31. The second kappa shape index (κ2) is 6.56. The summed E-state index contributed by atoms with van der Waals surface area (Å²) < 4.78 is 27.7. The Kier molecular flexibility index (Phi) is 5.23. The quantitative estimate of drug-likeness (QED) is 0.877. The second-order valence-electron chi connectivity index (χ2n) is 5.85. The van der Waals surface area contributed by atoms with Crippen molar-refractivity contribution in [3.8, 4) is 0 Å². The van der Waals surface area contributed by atoms with Gasteiger partial charge in [0.05, 0.1) is 0 Å². The van der Waals surface area contributed by atoms with Gasteiger partial charge in [0, 0.05) is 18.0 Å². The molecule has 0 radical (unpaired) electrons. The van der Waals surface area contributed by atoms with Gasteiger partial charge in [-0.1, -0.05) is 19.8 Å². The third-order valence-corrected chi connectivity index (χ3v) is 7.05. The molecule has 1 aromatic heterocycles. The number of sulfonamides is 1. The van der Waals surface area contributed by atoms with E-state index in [1.54, 1.807) is 0 Å². The van der Waals surface area contributed by atoms with Gasteiger partial charge in [0.25, 0.3) is 0 Å². The normalized spacial score (nSPS) is 23.9. The minimum Gasteiger partial charge on any atom is -0.326 e. The average Bonchev–Trinajstić information content (AvgIpc) is 2.80. The Morgan fingerprint density at radius 3 is 2.60 bits per heavy atom. The lowest BCUT2D eigenvalue weighted by Gasteiger charge is -2.26. The number of thiophene rings is 1. The van der Waals surface area contributed by atoms with Crippen LogP contribution in [0.4, 0.5) is 0 Å². The van der Waals surface area contributed by atoms with Gasteiger partial charge < -0.3 is 5.73 Å². The summed E-state index contributed by atoms with van der Waals surface area (Å²) in [6, 6.07) is 0. The first-order valence-electron chi connectivity index (χ1n) is 7.20. The summed E-state index contributed by atoms with van der Waals surface area (Å²) in [5.74, 6) is 1.26. The van der Waals surface area contributed by atoms with Gasteiger partial charge in [0.15, 0.2) is 0 Å². The van der Waals surface area contributed by atoms with Crippen LogP contribution in [0.2, 0.25) is 0 Å². The lowest BCUT2D eigenvalue weighted by atomic mass is 9.83. The summed E-state index contributed by atoms with van der Waals surface area (Å²) in [5.41, 5.74) is 6.42. The summed E-state index contributed by atoms with van der Waals surface area (Å²) in [6.07, 6.45) is 4.65. The average molecular weight is 316 g/mol. The second-order valence-corrected chi connectivity index (χ2v) is 8.52. The van der Waals surface area contributed by atoms with E-state index in [1.165, 1.54) is 24.2 Å². The number of rotatable bonds is 5. The molecule has 6 heteroatoms. The Balaban J connectivity index is 2.02. The summed E-state index contributed by atoms with van der Waals surface area (Å²) >= 11 is 1.42. The van der Waals surface area contributed by atoms with E-state index in [4.69, 9.17) is 5.73 Å². The Morgan fingerprint density at radius 2 is 2.00 bits per heavy atom. The van der Waals surface area contributed by atoms with E-state index in [9.17, 15) is 8.42 Å². The van der Waals surface area contributed by atoms with Crippen molar-refractivity contribution in [3.63, 3.8) is 0 Å². The van der Waals surface area contributed by atoms with Crippen LogP contribution in [0.5, 0.6) is 0 Å². The van der Waals surface area contributed by atoms with E-state index in [1.807, 2.05) is 12.3 Å². The summed E-state index contributed by atoms with van der Waals surface area (Å²) in [5, 5.41) is 1.86. The fourth-order valence-electron chi connectivity index (χ4n) is 2.82. The minimum absolute atomic E-state index is 0.274. The molecule has 4 nitrogen and oxygen atoms in total. The number of hydrogen-bond donors (Lipinski definition) is 2. The number of hydrogen-bond acceptors (Lipinski definition) is 4. The molecule has 1 aliphatic rings. The molecule has 0 spiro atoms. The zero-order chi connectivity index (χ0) is 14.8. The number of aryl methyl sites for hydroxylation is 1. The molecule has 0 aromatic carbocycles. The molecule has 2 rings (SSSR count). The van der Waals surface area contributed by atoms with E-state index in [0.29, 0.717) is 17.4 Å². The van der Waals surface area contributed by atoms with Crippen molar-refractivity contribution in [1.29, 1.82) is 0 Å². The van der Waals surface area contributed by atoms with E-state index < -0.39 is 10.0 Å². The van der Waals surface area contributed by atoms with E-state index in [2.05, 4.69) is 11.6 Å². The predicted molar refractivity (Wildman–Crippen MR) is 83.3 cm³/mol. The predicted octanol–water partition coefficient (Wildman–Crippen LogP) is 2.62. The molecule has 1 saturated carbocycles. The van der Waals surface area contributed by atoms with Crippen LogP contribution in [0.1, 0.15) is 43.0 Å². The Hall–Kier alpha value is -0.430. The molecular weight excluding hydrogens is 292 g/mol. The third kappa shape index (κ3) is 3.61. The molecule has 0 atom stereocenters. The smallest absolute Gasteiger partial charge is 0.241 e. The maximum atomic E-state index is 12.4. The van der Waals surface area contributed by atoms with Crippen LogP contribution < -0.4 is 10.5 Å². The van der Waals surface area contributed by atoms with Crippen molar-refractivity contribution < 1.29 is 8.42 Å². The number of nitrogens with two attached hydrogens (primary N) is 1. The van der Waals surface area contributed by atoms with Gasteiger partial charge in [-0.25, -0.2) is 13.1 Å². The molecule has 0 unspecified atom stereocenters. The van der Waals surface area contributed by atoms with Gasteiger partial charge in [0.1, 0.15) is 4.90 Å². The van der Waals surface area contributed by atoms with Crippen molar-refractivity contribution in [1.82, 2.24) is 4.72 Å². The van der Waals surface area contributed by atoms with Crippen molar-refractivity contribution in [2.45, 2.75) is 51.0 Å². The van der Waals surface area contributed by atoms with Gasteiger partial charge in [-0.2, -0.15) is 0 Å². The summed E-state index contributed by atoms with van der Waals surface area (Å²) in [6.45, 7) is 4.92. The zero-order valence-corrected chi connectivity index (χ0v) is 13.8. The monoisotopic (exact) mass is 316 g/mol. The highest BCUT2D eigenvalue weighted by Crippen LogP contribution is 2.29. The molecular formula is C14H24N2O2S2. The van der Waals surface area contributed by atoms with Gasteiger partial charge in [-0.05, 0) is 42.5 Å². The van der Waals surface area contributed by atoms with Crippen LogP contribution in [-0.2, 0) is 16.6 Å². The largest absolute Gasteiger partial charge is 0.326 e. The molecule has 20 heavy (non-hydrogen) atoms. The highest BCUT2D eigenvalue weighted by atomic mass is 32.2. The van der Waals surface area contributed by atoms with Gasteiger partial charge in [0.2, 0.25) is 10.0 Å². The first-order chi connectivity index (χ1) is 9.44. The SMILES string of the molecule is Cc1csc(CN)c1S(=O)(=O)NCC1CCC(C)CC1. The molecule has 1 aromatic rings. The molecule has 1 heterocycles. The van der Waals surface area contributed by atoms with Crippen molar-refractivity contribution in [3.05, 3.63) is 15.8 Å². The lowest BCUT2D eigenvalue weighted by molar-refractivity contribution is 0.290. The van der Waals surface area contributed by atoms with E-state index >= 15 is 0 Å². The first-order valence-corrected chi connectivity index (χ1v) is 9.57. The molecule has 1 fully saturated rings. The van der Waals surface area contributed by atoms with E-state index in [-0.39, 0.29) is 6.54 Å². The Morgan fingerprint density at radius 1 is 1.35 bits per heavy atom. The summed E-state index contributed by atoms with van der Waals surface area (Å²) in [4.78, 5) is 1.14. The van der Waals surface area contributed by atoms with E-state index in [0.717, 1.165) is 29.2 Å². The Bertz CT molecular complexity index is 544. The molecule has 3 N–H and O–H groups in total. The van der Waals surface area contributed by atoms with Crippen LogP contribution in [0.25, 0.3) is 0 Å². The van der Waals surface area contributed by atoms with Crippen LogP contribution >= 0.6 is 11.3 Å². The van der Waals surface area contributed by atoms with Crippen LogP contribution in [0.3, 0.4) is 0 Å². The maximum absolute atomic E-state index is 12.4. The molecule has 1 aliphatic carbocycles. The Labute approximate surface area is 125 Å². The van der Waals surface area contributed by atoms with Crippen molar-refractivity contribution in [2.24, 2.45) is 17.6 Å². The summed E-state index contributed by atoms with van der Waals surface area (Å²) in [7, 11) is -3.42. The van der Waals surface area contributed by atoms with Gasteiger partial charge in [-0.15, -0.1) is 11.3 Å². The van der Waals surface area contributed by atoms with Gasteiger partial charge >= 0.3 is 0 Å². The topological polar surface area (TPSA) is 72.2 Å². The minimum atomic E-state index is -3.42. The molecule has 0 saturated heterocycles. The maximum Gasteiger partial charge on any atom is 0.241 e. The van der Waals surface area contributed by atoms with Crippen LogP contribution in [0, 0.1) is 18.8 Å². The third-order valence-electron chi connectivity index (χ3n) is 4.14. The van der Waals surface area contributed by atoms with Crippen molar-refractivity contribution in [2.75, 3.05) is 6.54 Å². The van der Waals surface area contributed by atoms with Gasteiger partial charge in [-0.3, -0.25) is 0 Å². The zero-order valence-electron chi connectivity index (χ0n) is 12.2. The first kappa shape index (κ1) is 15.9. The van der Waals surface area contributed by atoms with Crippen LogP contribution in [0.15, 0.2) is 10.3 Å². The molecule has 114 valence electrons. The standard InChI is InChI=1S/C14H24N2O2S2/c1-10-3-5-12(6-4-10)8-16-20(17,18)14-11(2)9-19-13(14)7-15/h9-10,12,16H,3-8,15H2,1-2H3. The number of nitrogens with one attached hydrogen (secondary N) is 1. The highest BCUT2D eigenvalue weighted by molar-refractivity contribution is 7.89. The fraction of sp³-hybridized carbons (Fsp3) is 0.714. The molecule has 0 aliphatic heterocycles. The highest BCUT2D eigenvalue weighted by Gasteiger charge is 2.25. The van der Waals surface area contributed by atoms with Crippen molar-refractivity contribution >= 4 is 21.4 Å². The fourth-order valence-corrected chi connectivity index (χ4v) is 5.64. The molecule has 0 amide bonds. The van der Waals surface area contributed by atoms with Crippen LogP contribution in [-0.4, -0.2) is 15.0 Å². The molecule has 0 bridgehead atoms.